The number of nitrogens with two attached hydrogens (primary N) is 1. The topological polar surface area (TPSA) is 60.9 Å². The van der Waals surface area contributed by atoms with Crippen molar-refractivity contribution < 1.29 is 4.79 Å². The molecule has 1 aromatic rings. The highest BCUT2D eigenvalue weighted by molar-refractivity contribution is 5.91. The van der Waals surface area contributed by atoms with Crippen molar-refractivity contribution in [3.63, 3.8) is 0 Å². The van der Waals surface area contributed by atoms with Crippen LogP contribution < -0.4 is 5.73 Å². The fourth-order valence-electron chi connectivity index (χ4n) is 0.793. The van der Waals surface area contributed by atoms with Crippen LogP contribution in [-0.4, -0.2) is 15.7 Å². The Labute approximate surface area is 64.3 Å². The van der Waals surface area contributed by atoms with Crippen molar-refractivity contribution in [2.45, 2.75) is 0 Å². The Balaban J connectivity index is 3.14. The highest BCUT2D eigenvalue weighted by Crippen LogP contribution is 2.02. The van der Waals surface area contributed by atoms with Crippen molar-refractivity contribution in [2.75, 3.05) is 0 Å². The first-order chi connectivity index (χ1) is 5.15. The summed E-state index contributed by atoms with van der Waals surface area (Å²) in [5, 5.41) is 3.85. The molecule has 4 heteroatoms. The van der Waals surface area contributed by atoms with Gasteiger partial charge in [0.2, 0.25) is 0 Å². The zero-order valence-electron chi connectivity index (χ0n) is 6.24. The molecular weight excluding hydrogens is 142 g/mol. The summed E-state index contributed by atoms with van der Waals surface area (Å²) < 4.78 is 1.55. The van der Waals surface area contributed by atoms with Crippen LogP contribution in [-0.2, 0) is 7.05 Å². The number of amides is 1. The van der Waals surface area contributed by atoms with Gasteiger partial charge in [0.15, 0.2) is 5.69 Å². The lowest BCUT2D eigenvalue weighted by molar-refractivity contribution is 0.0995. The predicted molar refractivity (Wildman–Crippen MR) is 41.8 cm³/mol. The second-order valence-corrected chi connectivity index (χ2v) is 2.15. The highest BCUT2D eigenvalue weighted by Gasteiger charge is 2.05. The zero-order chi connectivity index (χ0) is 8.43. The standard InChI is InChI=1S/C7H9N3O/c1-3-5-4-6(7(8)11)9-10(5)2/h3-4H,1H2,2H3,(H2,8,11). The van der Waals surface area contributed by atoms with Crippen molar-refractivity contribution >= 4 is 12.0 Å². The molecule has 2 N–H and O–H groups in total. The van der Waals surface area contributed by atoms with Crippen LogP contribution in [0.4, 0.5) is 0 Å². The predicted octanol–water partition coefficient (Wildman–Crippen LogP) is 0.162. The fraction of sp³-hybridized carbons (Fsp3) is 0.143. The summed E-state index contributed by atoms with van der Waals surface area (Å²) in [4.78, 5) is 10.6. The largest absolute Gasteiger partial charge is 0.364 e. The maximum Gasteiger partial charge on any atom is 0.269 e. The number of hydrogen-bond donors (Lipinski definition) is 1. The van der Waals surface area contributed by atoms with Crippen LogP contribution in [0.3, 0.4) is 0 Å². The van der Waals surface area contributed by atoms with Crippen LogP contribution in [0, 0.1) is 0 Å². The van der Waals surface area contributed by atoms with Crippen molar-refractivity contribution in [3.8, 4) is 0 Å². The second kappa shape index (κ2) is 2.57. The number of carbonyl (C=O) groups excluding carboxylic acids is 1. The molecule has 0 bridgehead atoms. The molecule has 4 nitrogen and oxygen atoms in total. The van der Waals surface area contributed by atoms with Crippen LogP contribution in [0.5, 0.6) is 0 Å². The van der Waals surface area contributed by atoms with Gasteiger partial charge in [-0.2, -0.15) is 5.10 Å². The van der Waals surface area contributed by atoms with Gasteiger partial charge in [-0.1, -0.05) is 6.58 Å². The van der Waals surface area contributed by atoms with Gasteiger partial charge in [-0.3, -0.25) is 9.48 Å². The summed E-state index contributed by atoms with van der Waals surface area (Å²) in [7, 11) is 1.73. The van der Waals surface area contributed by atoms with E-state index in [0.29, 0.717) is 0 Å². The fourth-order valence-corrected chi connectivity index (χ4v) is 0.793. The molecule has 0 saturated heterocycles. The molecule has 1 rings (SSSR count). The number of aryl methyl sites for hydroxylation is 1. The van der Waals surface area contributed by atoms with E-state index in [-0.39, 0.29) is 5.69 Å². The SMILES string of the molecule is C=Cc1cc(C(N)=O)nn1C. The number of aromatic nitrogens is 2. The molecule has 0 aliphatic carbocycles. The third-order valence-electron chi connectivity index (χ3n) is 1.38. The Morgan fingerprint density at radius 1 is 1.91 bits per heavy atom. The minimum atomic E-state index is -0.520. The first-order valence-corrected chi connectivity index (χ1v) is 3.11. The van der Waals surface area contributed by atoms with Gasteiger partial charge < -0.3 is 5.73 Å². The van der Waals surface area contributed by atoms with Gasteiger partial charge in [0.1, 0.15) is 0 Å². The monoisotopic (exact) mass is 151 g/mol. The Bertz CT molecular complexity index is 301. The lowest BCUT2D eigenvalue weighted by Crippen LogP contribution is -2.11. The van der Waals surface area contributed by atoms with E-state index in [2.05, 4.69) is 11.7 Å². The van der Waals surface area contributed by atoms with Gasteiger partial charge in [-0.25, -0.2) is 0 Å². The summed E-state index contributed by atoms with van der Waals surface area (Å²) in [6, 6.07) is 1.59. The maximum absolute atomic E-state index is 10.6. The van der Waals surface area contributed by atoms with Gasteiger partial charge in [0.05, 0.1) is 5.69 Å². The molecule has 1 heterocycles. The summed E-state index contributed by atoms with van der Waals surface area (Å²) in [6.07, 6.45) is 1.61. The van der Waals surface area contributed by atoms with Gasteiger partial charge >= 0.3 is 0 Å². The molecule has 0 atom stereocenters. The Hall–Kier alpha value is -1.58. The quantitative estimate of drug-likeness (QED) is 0.654. The molecule has 0 radical (unpaired) electrons. The molecule has 0 aliphatic rings. The van der Waals surface area contributed by atoms with Gasteiger partial charge in [-0.05, 0) is 12.1 Å². The number of nitrogens with zero attached hydrogens (tertiary/aromatic N) is 2. The molecule has 0 aromatic carbocycles. The molecule has 58 valence electrons. The molecule has 0 fully saturated rings. The zero-order valence-corrected chi connectivity index (χ0v) is 6.24. The van der Waals surface area contributed by atoms with E-state index in [1.165, 1.54) is 0 Å². The highest BCUT2D eigenvalue weighted by atomic mass is 16.1. The average Bonchev–Trinajstić information content (AvgIpc) is 2.31. The van der Waals surface area contributed by atoms with Crippen molar-refractivity contribution in [2.24, 2.45) is 12.8 Å². The molecule has 1 amide bonds. The van der Waals surface area contributed by atoms with Crippen LogP contribution in [0.2, 0.25) is 0 Å². The van der Waals surface area contributed by atoms with E-state index in [9.17, 15) is 4.79 Å². The van der Waals surface area contributed by atoms with Crippen LogP contribution in [0.25, 0.3) is 6.08 Å². The number of carbonyl (C=O) groups is 1. The Morgan fingerprint density at radius 2 is 2.55 bits per heavy atom. The lowest BCUT2D eigenvalue weighted by atomic mass is 10.3. The minimum absolute atomic E-state index is 0.266. The summed E-state index contributed by atoms with van der Waals surface area (Å²) in [6.45, 7) is 3.55. The van der Waals surface area contributed by atoms with Gasteiger partial charge in [-0.15, -0.1) is 0 Å². The summed E-state index contributed by atoms with van der Waals surface area (Å²) >= 11 is 0. The Kier molecular flexibility index (Phi) is 1.76. The third kappa shape index (κ3) is 1.29. The molecule has 0 aliphatic heterocycles. The lowest BCUT2D eigenvalue weighted by Gasteiger charge is -1.89. The van der Waals surface area contributed by atoms with E-state index >= 15 is 0 Å². The smallest absolute Gasteiger partial charge is 0.269 e. The van der Waals surface area contributed by atoms with Crippen LogP contribution in [0.1, 0.15) is 16.2 Å². The van der Waals surface area contributed by atoms with E-state index < -0.39 is 5.91 Å². The molecule has 11 heavy (non-hydrogen) atoms. The van der Waals surface area contributed by atoms with E-state index in [1.54, 1.807) is 23.9 Å². The van der Waals surface area contributed by atoms with Crippen LogP contribution in [0.15, 0.2) is 12.6 Å². The molecule has 1 aromatic heterocycles. The van der Waals surface area contributed by atoms with E-state index in [4.69, 9.17) is 5.73 Å². The van der Waals surface area contributed by atoms with Crippen LogP contribution >= 0.6 is 0 Å². The second-order valence-electron chi connectivity index (χ2n) is 2.15. The first kappa shape index (κ1) is 7.53. The number of primary amides is 1. The molecule has 0 saturated carbocycles. The average molecular weight is 151 g/mol. The normalized spacial score (nSPS) is 9.55. The Morgan fingerprint density at radius 3 is 2.82 bits per heavy atom. The molecular formula is C7H9N3O. The van der Waals surface area contributed by atoms with Crippen molar-refractivity contribution in [3.05, 3.63) is 24.0 Å². The summed E-state index contributed by atoms with van der Waals surface area (Å²) in [5.74, 6) is -0.520. The van der Waals surface area contributed by atoms with E-state index in [1.807, 2.05) is 0 Å². The third-order valence-corrected chi connectivity index (χ3v) is 1.38. The minimum Gasteiger partial charge on any atom is -0.364 e. The molecule has 0 unspecified atom stereocenters. The first-order valence-electron chi connectivity index (χ1n) is 3.11. The van der Waals surface area contributed by atoms with Crippen molar-refractivity contribution in [1.82, 2.24) is 9.78 Å². The van der Waals surface area contributed by atoms with Crippen molar-refractivity contribution in [1.29, 1.82) is 0 Å². The molecule has 0 spiro atoms. The summed E-state index contributed by atoms with van der Waals surface area (Å²) in [5.41, 5.74) is 6.04. The maximum atomic E-state index is 10.6. The van der Waals surface area contributed by atoms with E-state index in [0.717, 1.165) is 5.69 Å². The number of rotatable bonds is 2. The van der Waals surface area contributed by atoms with Gasteiger partial charge in [0, 0.05) is 7.05 Å². The number of hydrogen-bond acceptors (Lipinski definition) is 2. The van der Waals surface area contributed by atoms with Gasteiger partial charge in [0.25, 0.3) is 5.91 Å².